The maximum atomic E-state index is 13.2. The van der Waals surface area contributed by atoms with Crippen LogP contribution in [0.3, 0.4) is 0 Å². The van der Waals surface area contributed by atoms with E-state index in [-0.39, 0.29) is 18.0 Å². The molecule has 3 N–H and O–H groups in total. The number of nitriles is 1. The van der Waals surface area contributed by atoms with Crippen molar-refractivity contribution in [2.24, 2.45) is 5.73 Å². The lowest BCUT2D eigenvalue weighted by molar-refractivity contribution is 0.102. The molecule has 1 aromatic carbocycles. The van der Waals surface area contributed by atoms with Gasteiger partial charge in [-0.1, -0.05) is 11.8 Å². The second kappa shape index (κ2) is 6.67. The van der Waals surface area contributed by atoms with Crippen LogP contribution in [-0.2, 0) is 0 Å². The normalized spacial score (nSPS) is 9.38. The van der Waals surface area contributed by atoms with Gasteiger partial charge < -0.3 is 11.1 Å². The molecule has 0 aliphatic carbocycles. The van der Waals surface area contributed by atoms with Gasteiger partial charge in [0.15, 0.2) is 0 Å². The van der Waals surface area contributed by atoms with Crippen molar-refractivity contribution in [3.63, 3.8) is 0 Å². The Kier molecular flexibility index (Phi) is 4.68. The highest BCUT2D eigenvalue weighted by atomic mass is 32.1. The number of carbonyl (C=O) groups excluding carboxylic acids is 1. The molecular weight excluding hydrogens is 289 g/mol. The van der Waals surface area contributed by atoms with E-state index in [2.05, 4.69) is 17.2 Å². The van der Waals surface area contributed by atoms with E-state index in [0.717, 1.165) is 10.9 Å². The van der Waals surface area contributed by atoms with Crippen LogP contribution < -0.4 is 11.1 Å². The fraction of sp³-hybridized carbons (Fsp3) is 0.0667. The molecule has 21 heavy (non-hydrogen) atoms. The number of carbonyl (C=O) groups is 1. The largest absolute Gasteiger partial charge is 0.322 e. The van der Waals surface area contributed by atoms with E-state index in [1.807, 2.05) is 0 Å². The molecule has 1 heterocycles. The summed E-state index contributed by atoms with van der Waals surface area (Å²) in [5.41, 5.74) is 5.97. The second-order valence-electron chi connectivity index (χ2n) is 3.97. The zero-order chi connectivity index (χ0) is 15.2. The minimum absolute atomic E-state index is 0.118. The van der Waals surface area contributed by atoms with E-state index < -0.39 is 5.82 Å². The number of amides is 1. The van der Waals surface area contributed by atoms with Gasteiger partial charge in [-0.2, -0.15) is 5.26 Å². The topological polar surface area (TPSA) is 78.9 Å². The molecule has 0 aliphatic heterocycles. The molecule has 0 saturated heterocycles. The standard InChI is InChI=1S/C15H10FN3OS/c16-14-4-3-12(6-10(14)8-18)19-15(20)11-7-13(21-9-11)2-1-5-17/h3-4,6-7,9H,5,17H2,(H,19,20). The zero-order valence-electron chi connectivity index (χ0n) is 10.8. The number of nitrogens with two attached hydrogens (primary N) is 1. The maximum absolute atomic E-state index is 13.2. The van der Waals surface area contributed by atoms with Gasteiger partial charge in [-0.3, -0.25) is 4.79 Å². The van der Waals surface area contributed by atoms with Crippen LogP contribution in [0.4, 0.5) is 10.1 Å². The lowest BCUT2D eigenvalue weighted by Gasteiger charge is -2.04. The lowest BCUT2D eigenvalue weighted by atomic mass is 10.2. The van der Waals surface area contributed by atoms with E-state index >= 15 is 0 Å². The molecular formula is C15H10FN3OS. The van der Waals surface area contributed by atoms with Crippen molar-refractivity contribution >= 4 is 22.9 Å². The molecule has 0 saturated carbocycles. The van der Waals surface area contributed by atoms with Gasteiger partial charge in [-0.05, 0) is 24.3 Å². The Balaban J connectivity index is 2.15. The first-order valence-electron chi connectivity index (χ1n) is 5.92. The van der Waals surface area contributed by atoms with Crippen LogP contribution in [0.25, 0.3) is 0 Å². The summed E-state index contributed by atoms with van der Waals surface area (Å²) in [6.45, 7) is 0.256. The Labute approximate surface area is 125 Å². The number of rotatable bonds is 2. The van der Waals surface area contributed by atoms with Gasteiger partial charge in [0.1, 0.15) is 11.9 Å². The summed E-state index contributed by atoms with van der Waals surface area (Å²) in [5, 5.41) is 13.0. The third kappa shape index (κ3) is 3.67. The fourth-order valence-electron chi connectivity index (χ4n) is 1.55. The lowest BCUT2D eigenvalue weighted by Crippen LogP contribution is -2.11. The zero-order valence-corrected chi connectivity index (χ0v) is 11.6. The molecule has 0 fully saturated rings. The summed E-state index contributed by atoms with van der Waals surface area (Å²) >= 11 is 1.34. The molecule has 104 valence electrons. The van der Waals surface area contributed by atoms with Crippen molar-refractivity contribution in [2.45, 2.75) is 0 Å². The molecule has 1 amide bonds. The van der Waals surface area contributed by atoms with Crippen LogP contribution in [0, 0.1) is 29.0 Å². The second-order valence-corrected chi connectivity index (χ2v) is 4.88. The predicted molar refractivity (Wildman–Crippen MR) is 79.3 cm³/mol. The van der Waals surface area contributed by atoms with Gasteiger partial charge >= 0.3 is 0 Å². The average Bonchev–Trinajstić information content (AvgIpc) is 2.96. The van der Waals surface area contributed by atoms with Crippen molar-refractivity contribution in [1.82, 2.24) is 0 Å². The third-order valence-corrected chi connectivity index (χ3v) is 3.37. The average molecular weight is 299 g/mol. The Bertz CT molecular complexity index is 780. The monoisotopic (exact) mass is 299 g/mol. The number of thiophene rings is 1. The number of hydrogen-bond donors (Lipinski definition) is 2. The molecule has 0 radical (unpaired) electrons. The first-order chi connectivity index (χ1) is 10.1. The smallest absolute Gasteiger partial charge is 0.256 e. The summed E-state index contributed by atoms with van der Waals surface area (Å²) in [5.74, 6) is 4.58. The summed E-state index contributed by atoms with van der Waals surface area (Å²) in [4.78, 5) is 12.8. The summed E-state index contributed by atoms with van der Waals surface area (Å²) in [7, 11) is 0. The first-order valence-corrected chi connectivity index (χ1v) is 6.80. The van der Waals surface area contributed by atoms with Gasteiger partial charge in [0.2, 0.25) is 0 Å². The molecule has 0 spiro atoms. The Hall–Kier alpha value is -2.67. The molecule has 4 nitrogen and oxygen atoms in total. The van der Waals surface area contributed by atoms with Crippen molar-refractivity contribution in [1.29, 1.82) is 5.26 Å². The number of nitrogens with zero attached hydrogens (tertiary/aromatic N) is 1. The van der Waals surface area contributed by atoms with E-state index in [9.17, 15) is 9.18 Å². The first kappa shape index (κ1) is 14.7. The molecule has 2 rings (SSSR count). The van der Waals surface area contributed by atoms with Gasteiger partial charge in [-0.25, -0.2) is 4.39 Å². The summed E-state index contributed by atoms with van der Waals surface area (Å²) < 4.78 is 13.2. The van der Waals surface area contributed by atoms with Gasteiger partial charge in [-0.15, -0.1) is 11.3 Å². The van der Waals surface area contributed by atoms with Crippen molar-refractivity contribution in [3.8, 4) is 17.9 Å². The molecule has 6 heteroatoms. The maximum Gasteiger partial charge on any atom is 0.256 e. The van der Waals surface area contributed by atoms with E-state index in [0.29, 0.717) is 11.3 Å². The van der Waals surface area contributed by atoms with Crippen LogP contribution in [0.15, 0.2) is 29.6 Å². The number of nitrogens with one attached hydrogen (secondary N) is 1. The Morgan fingerprint density at radius 2 is 2.24 bits per heavy atom. The fourth-order valence-corrected chi connectivity index (χ4v) is 2.31. The molecule has 0 atom stereocenters. The van der Waals surface area contributed by atoms with Crippen LogP contribution >= 0.6 is 11.3 Å². The van der Waals surface area contributed by atoms with Crippen LogP contribution in [0.5, 0.6) is 0 Å². The minimum atomic E-state index is -0.620. The number of benzene rings is 1. The molecule has 0 aliphatic rings. The van der Waals surface area contributed by atoms with Crippen molar-refractivity contribution in [3.05, 3.63) is 51.5 Å². The number of hydrogen-bond acceptors (Lipinski definition) is 4. The quantitative estimate of drug-likeness (QED) is 0.835. The van der Waals surface area contributed by atoms with E-state index in [1.54, 1.807) is 17.5 Å². The Morgan fingerprint density at radius 1 is 1.43 bits per heavy atom. The van der Waals surface area contributed by atoms with Gasteiger partial charge in [0, 0.05) is 11.1 Å². The highest BCUT2D eigenvalue weighted by Crippen LogP contribution is 2.18. The summed E-state index contributed by atoms with van der Waals surface area (Å²) in [6, 6.07) is 7.20. The number of anilines is 1. The van der Waals surface area contributed by atoms with Crippen LogP contribution in [0.2, 0.25) is 0 Å². The van der Waals surface area contributed by atoms with Crippen molar-refractivity contribution in [2.75, 3.05) is 11.9 Å². The Morgan fingerprint density at radius 3 is 2.95 bits per heavy atom. The van der Waals surface area contributed by atoms with Crippen molar-refractivity contribution < 1.29 is 9.18 Å². The SMILES string of the molecule is N#Cc1cc(NC(=O)c2csc(C#CCN)c2)ccc1F. The highest BCUT2D eigenvalue weighted by Gasteiger charge is 2.10. The van der Waals surface area contributed by atoms with E-state index in [4.69, 9.17) is 11.0 Å². The van der Waals surface area contributed by atoms with Crippen LogP contribution in [-0.4, -0.2) is 12.5 Å². The van der Waals surface area contributed by atoms with Gasteiger partial charge in [0.05, 0.1) is 22.5 Å². The van der Waals surface area contributed by atoms with Crippen LogP contribution in [0.1, 0.15) is 20.8 Å². The third-order valence-electron chi connectivity index (χ3n) is 2.52. The predicted octanol–water partition coefficient (Wildman–Crippen LogP) is 2.32. The van der Waals surface area contributed by atoms with E-state index in [1.165, 1.54) is 23.5 Å². The van der Waals surface area contributed by atoms with Gasteiger partial charge in [0.25, 0.3) is 5.91 Å². The summed E-state index contributed by atoms with van der Waals surface area (Å²) in [6.07, 6.45) is 0. The molecule has 1 aromatic heterocycles. The number of halogens is 1. The molecule has 2 aromatic rings. The molecule has 0 unspecified atom stereocenters. The molecule has 0 bridgehead atoms. The highest BCUT2D eigenvalue weighted by molar-refractivity contribution is 7.10. The minimum Gasteiger partial charge on any atom is -0.322 e.